The Morgan fingerprint density at radius 2 is 2.10 bits per heavy atom. The number of nitrogens with zero attached hydrogens (tertiary/aromatic N) is 1. The molecule has 0 saturated carbocycles. The summed E-state index contributed by atoms with van der Waals surface area (Å²) in [4.78, 5) is 4.02. The second-order valence-corrected chi connectivity index (χ2v) is 3.30. The number of fused-ring (bicyclic) bond motifs is 1. The van der Waals surface area contributed by atoms with Gasteiger partial charge in [0.1, 0.15) is 5.52 Å². The SMILES string of the molecule is O[s+]1cnc2ccccc21. The molecule has 1 atom stereocenters. The van der Waals surface area contributed by atoms with Gasteiger partial charge in [0, 0.05) is 6.07 Å². The van der Waals surface area contributed by atoms with Crippen molar-refractivity contribution in [2.45, 2.75) is 0 Å². The zero-order chi connectivity index (χ0) is 6.97. The third-order valence-electron chi connectivity index (χ3n) is 1.38. The number of aromatic nitrogens is 1. The molecular formula is C7H6NOS+. The average Bonchev–Trinajstić information content (AvgIpc) is 2.34. The van der Waals surface area contributed by atoms with Gasteiger partial charge in [-0.15, -0.1) is 0 Å². The highest BCUT2D eigenvalue weighted by Gasteiger charge is 2.08. The Morgan fingerprint density at radius 1 is 1.30 bits per heavy atom. The molecule has 0 radical (unpaired) electrons. The van der Waals surface area contributed by atoms with E-state index in [2.05, 4.69) is 4.98 Å². The Balaban J connectivity index is 2.93. The quantitative estimate of drug-likeness (QED) is 0.586. The first-order valence-electron chi connectivity index (χ1n) is 2.93. The Kier molecular flexibility index (Phi) is 1.19. The molecule has 1 unspecified atom stereocenters. The maximum absolute atomic E-state index is 9.26. The van der Waals surface area contributed by atoms with Crippen LogP contribution in [0.15, 0.2) is 29.8 Å². The molecule has 0 aliphatic heterocycles. The van der Waals surface area contributed by atoms with E-state index in [0.717, 1.165) is 10.2 Å². The van der Waals surface area contributed by atoms with Crippen molar-refractivity contribution in [1.29, 1.82) is 0 Å². The van der Waals surface area contributed by atoms with E-state index in [1.54, 1.807) is 5.51 Å². The summed E-state index contributed by atoms with van der Waals surface area (Å²) >= 11 is 0. The van der Waals surface area contributed by atoms with Crippen molar-refractivity contribution in [1.82, 2.24) is 4.98 Å². The van der Waals surface area contributed by atoms with Crippen LogP contribution in [0.4, 0.5) is 0 Å². The van der Waals surface area contributed by atoms with E-state index < -0.39 is 10.8 Å². The van der Waals surface area contributed by atoms with Gasteiger partial charge in [-0.25, -0.2) is 0 Å². The molecule has 2 rings (SSSR count). The Hall–Kier alpha value is -0.930. The normalized spacial score (nSPS) is 12.3. The molecule has 0 fully saturated rings. The summed E-state index contributed by atoms with van der Waals surface area (Å²) in [7, 11) is -0.739. The Bertz CT molecular complexity index is 355. The zero-order valence-corrected chi connectivity index (χ0v) is 6.01. The largest absolute Gasteiger partial charge is 0.267 e. The second-order valence-electron chi connectivity index (χ2n) is 2.02. The van der Waals surface area contributed by atoms with Gasteiger partial charge in [-0.2, -0.15) is 9.54 Å². The minimum absolute atomic E-state index is 0.739. The van der Waals surface area contributed by atoms with Gasteiger partial charge in [-0.1, -0.05) is 12.1 Å². The lowest BCUT2D eigenvalue weighted by Gasteiger charge is -1.76. The summed E-state index contributed by atoms with van der Waals surface area (Å²) in [5.74, 6) is 0. The van der Waals surface area contributed by atoms with Gasteiger partial charge in [0.05, 0.1) is 0 Å². The lowest BCUT2D eigenvalue weighted by Crippen LogP contribution is -1.62. The molecule has 0 aliphatic rings. The van der Waals surface area contributed by atoms with E-state index in [0.29, 0.717) is 0 Å². The smallest absolute Gasteiger partial charge is 0.197 e. The first-order chi connectivity index (χ1) is 4.88. The lowest BCUT2D eigenvalue weighted by molar-refractivity contribution is 0.644. The first kappa shape index (κ1) is 5.82. The molecule has 1 N–H and O–H groups in total. The van der Waals surface area contributed by atoms with Crippen molar-refractivity contribution < 1.29 is 4.55 Å². The summed E-state index contributed by atoms with van der Waals surface area (Å²) < 4.78 is 10.2. The van der Waals surface area contributed by atoms with Gasteiger partial charge in [-0.3, -0.25) is 0 Å². The monoisotopic (exact) mass is 152 g/mol. The summed E-state index contributed by atoms with van der Waals surface area (Å²) in [6.45, 7) is 0. The van der Waals surface area contributed by atoms with E-state index >= 15 is 0 Å². The van der Waals surface area contributed by atoms with Crippen molar-refractivity contribution in [3.63, 3.8) is 0 Å². The standard InChI is InChI=1S/C7H6NOS/c9-10-5-8-6-3-1-2-4-7(6)10/h1-5,9H/q+1. The number of rotatable bonds is 0. The summed E-state index contributed by atoms with van der Waals surface area (Å²) in [5.41, 5.74) is 2.47. The van der Waals surface area contributed by atoms with Crippen LogP contribution in [-0.4, -0.2) is 9.54 Å². The minimum Gasteiger partial charge on any atom is -0.197 e. The third-order valence-corrected chi connectivity index (χ3v) is 2.48. The Labute approximate surface area is 60.9 Å². The molecule has 1 aromatic carbocycles. The van der Waals surface area contributed by atoms with E-state index in [1.165, 1.54) is 0 Å². The molecule has 0 bridgehead atoms. The molecule has 2 aromatic rings. The van der Waals surface area contributed by atoms with Crippen molar-refractivity contribution in [2.75, 3.05) is 0 Å². The molecule has 1 aromatic heterocycles. The number of benzene rings is 1. The highest BCUT2D eigenvalue weighted by molar-refractivity contribution is 7.29. The summed E-state index contributed by atoms with van der Waals surface area (Å²) in [6.07, 6.45) is 0. The highest BCUT2D eigenvalue weighted by atomic mass is 32.2. The molecule has 50 valence electrons. The van der Waals surface area contributed by atoms with Gasteiger partial charge in [0.15, 0.2) is 10.8 Å². The summed E-state index contributed by atoms with van der Waals surface area (Å²) in [6, 6.07) is 7.61. The van der Waals surface area contributed by atoms with Gasteiger partial charge in [0.25, 0.3) is 5.51 Å². The molecular weight excluding hydrogens is 146 g/mol. The zero-order valence-electron chi connectivity index (χ0n) is 5.19. The first-order valence-corrected chi connectivity index (χ1v) is 4.18. The molecule has 10 heavy (non-hydrogen) atoms. The van der Waals surface area contributed by atoms with E-state index in [1.807, 2.05) is 24.3 Å². The van der Waals surface area contributed by atoms with Crippen LogP contribution in [0.3, 0.4) is 0 Å². The topological polar surface area (TPSA) is 33.1 Å². The Morgan fingerprint density at radius 3 is 2.90 bits per heavy atom. The van der Waals surface area contributed by atoms with Crippen LogP contribution in [0.25, 0.3) is 10.2 Å². The van der Waals surface area contributed by atoms with E-state index in [-0.39, 0.29) is 0 Å². The van der Waals surface area contributed by atoms with Crippen LogP contribution >= 0.6 is 10.8 Å². The van der Waals surface area contributed by atoms with E-state index in [9.17, 15) is 4.55 Å². The number of hydrogen-bond donors (Lipinski definition) is 1. The van der Waals surface area contributed by atoms with Crippen molar-refractivity contribution in [3.8, 4) is 0 Å². The van der Waals surface area contributed by atoms with Crippen LogP contribution in [0.2, 0.25) is 0 Å². The van der Waals surface area contributed by atoms with Crippen LogP contribution in [0.5, 0.6) is 0 Å². The summed E-state index contributed by atoms with van der Waals surface area (Å²) in [5, 5.41) is 0. The van der Waals surface area contributed by atoms with Gasteiger partial charge >= 0.3 is 0 Å². The van der Waals surface area contributed by atoms with Crippen LogP contribution in [0.1, 0.15) is 0 Å². The number of hydrogen-bond acceptors (Lipinski definition) is 2. The van der Waals surface area contributed by atoms with Crippen molar-refractivity contribution >= 4 is 21.0 Å². The average molecular weight is 152 g/mol. The van der Waals surface area contributed by atoms with Crippen LogP contribution in [-0.2, 0) is 0 Å². The van der Waals surface area contributed by atoms with Gasteiger partial charge in [-0.05, 0) is 6.07 Å². The lowest BCUT2D eigenvalue weighted by atomic mass is 10.3. The van der Waals surface area contributed by atoms with Crippen LogP contribution < -0.4 is 0 Å². The van der Waals surface area contributed by atoms with Gasteiger partial charge in [0.2, 0.25) is 4.70 Å². The maximum Gasteiger partial charge on any atom is 0.267 e. The number of para-hydroxylation sites is 1. The molecule has 0 aliphatic carbocycles. The van der Waals surface area contributed by atoms with Crippen molar-refractivity contribution in [2.24, 2.45) is 0 Å². The van der Waals surface area contributed by atoms with Gasteiger partial charge < -0.3 is 0 Å². The predicted molar refractivity (Wildman–Crippen MR) is 41.6 cm³/mol. The number of thiazole rings is 1. The molecule has 3 heteroatoms. The molecule has 1 heterocycles. The molecule has 0 amide bonds. The maximum atomic E-state index is 9.26. The minimum atomic E-state index is -0.739. The fourth-order valence-corrected chi connectivity index (χ4v) is 1.78. The van der Waals surface area contributed by atoms with Crippen molar-refractivity contribution in [3.05, 3.63) is 29.8 Å². The predicted octanol–water partition coefficient (Wildman–Crippen LogP) is 2.12. The highest BCUT2D eigenvalue weighted by Crippen LogP contribution is 2.24. The second kappa shape index (κ2) is 2.04. The fraction of sp³-hybridized carbons (Fsp3) is 0. The fourth-order valence-electron chi connectivity index (χ4n) is 0.904. The van der Waals surface area contributed by atoms with Crippen LogP contribution in [0, 0.1) is 0 Å². The molecule has 0 saturated heterocycles. The molecule has 2 nitrogen and oxygen atoms in total. The third kappa shape index (κ3) is 0.716. The molecule has 0 spiro atoms. The van der Waals surface area contributed by atoms with E-state index in [4.69, 9.17) is 0 Å².